The van der Waals surface area contributed by atoms with Gasteiger partial charge in [-0.15, -0.1) is 0 Å². The minimum absolute atomic E-state index is 0.366. The van der Waals surface area contributed by atoms with Gasteiger partial charge >= 0.3 is 0 Å². The van der Waals surface area contributed by atoms with Crippen molar-refractivity contribution in [1.82, 2.24) is 9.55 Å². The van der Waals surface area contributed by atoms with Gasteiger partial charge in [-0.3, -0.25) is 4.57 Å². The number of nitriles is 1. The van der Waals surface area contributed by atoms with Crippen LogP contribution >= 0.6 is 28.1 Å². The lowest BCUT2D eigenvalue weighted by molar-refractivity contribution is 0.620. The molecule has 0 saturated heterocycles. The zero-order valence-corrected chi connectivity index (χ0v) is 12.4. The van der Waals surface area contributed by atoms with Gasteiger partial charge < -0.3 is 4.98 Å². The van der Waals surface area contributed by atoms with E-state index in [1.807, 2.05) is 0 Å². The maximum atomic E-state index is 13.7. The Kier molecular flexibility index (Phi) is 3.16. The second-order valence-electron chi connectivity index (χ2n) is 4.21. The molecule has 98 valence electrons. The van der Waals surface area contributed by atoms with E-state index in [1.165, 1.54) is 6.07 Å². The van der Waals surface area contributed by atoms with E-state index in [9.17, 15) is 4.39 Å². The van der Waals surface area contributed by atoms with Crippen LogP contribution in [0.25, 0.3) is 16.7 Å². The predicted octanol–water partition coefficient (Wildman–Crippen LogP) is 4.46. The van der Waals surface area contributed by atoms with E-state index in [-0.39, 0.29) is 5.82 Å². The van der Waals surface area contributed by atoms with Crippen molar-refractivity contribution in [2.24, 2.45) is 0 Å². The first-order valence-corrected chi connectivity index (χ1v) is 6.90. The molecule has 2 aromatic carbocycles. The van der Waals surface area contributed by atoms with Gasteiger partial charge in [-0.1, -0.05) is 0 Å². The summed E-state index contributed by atoms with van der Waals surface area (Å²) < 4.78 is 16.3. The number of benzene rings is 2. The van der Waals surface area contributed by atoms with Gasteiger partial charge in [0.1, 0.15) is 5.82 Å². The predicted molar refractivity (Wildman–Crippen MR) is 80.8 cm³/mol. The molecule has 20 heavy (non-hydrogen) atoms. The van der Waals surface area contributed by atoms with Gasteiger partial charge in [-0.05, 0) is 64.5 Å². The summed E-state index contributed by atoms with van der Waals surface area (Å²) in [6.45, 7) is 0. The average molecular weight is 348 g/mol. The number of nitrogens with one attached hydrogen (secondary N) is 1. The summed E-state index contributed by atoms with van der Waals surface area (Å²) in [5, 5.41) is 8.98. The van der Waals surface area contributed by atoms with Crippen molar-refractivity contribution < 1.29 is 4.39 Å². The minimum atomic E-state index is -0.366. The zero-order valence-electron chi connectivity index (χ0n) is 10.0. The Morgan fingerprint density at radius 2 is 2.05 bits per heavy atom. The average Bonchev–Trinajstić information content (AvgIpc) is 2.77. The van der Waals surface area contributed by atoms with Gasteiger partial charge in [-0.25, -0.2) is 4.39 Å². The number of rotatable bonds is 1. The fourth-order valence-corrected chi connectivity index (χ4v) is 2.61. The second-order valence-corrected chi connectivity index (χ2v) is 5.45. The van der Waals surface area contributed by atoms with Crippen LogP contribution in [0.3, 0.4) is 0 Å². The van der Waals surface area contributed by atoms with Crippen LogP contribution in [0.2, 0.25) is 0 Å². The minimum Gasteiger partial charge on any atom is -0.330 e. The molecular formula is C14H7BrFN3S. The third-order valence-electron chi connectivity index (χ3n) is 2.97. The first-order chi connectivity index (χ1) is 9.60. The van der Waals surface area contributed by atoms with Gasteiger partial charge in [0.05, 0.1) is 32.8 Å². The quantitative estimate of drug-likeness (QED) is 0.660. The Balaban J connectivity index is 2.35. The summed E-state index contributed by atoms with van der Waals surface area (Å²) in [4.78, 5) is 3.05. The summed E-state index contributed by atoms with van der Waals surface area (Å²) in [5.74, 6) is -0.366. The summed E-state index contributed by atoms with van der Waals surface area (Å²) >= 11 is 8.40. The molecule has 0 amide bonds. The highest BCUT2D eigenvalue weighted by molar-refractivity contribution is 9.10. The van der Waals surface area contributed by atoms with Gasteiger partial charge in [0.15, 0.2) is 4.77 Å². The first-order valence-electron chi connectivity index (χ1n) is 5.70. The summed E-state index contributed by atoms with van der Waals surface area (Å²) in [7, 11) is 0. The van der Waals surface area contributed by atoms with E-state index in [2.05, 4.69) is 27.0 Å². The molecule has 1 heterocycles. The van der Waals surface area contributed by atoms with Gasteiger partial charge in [0.2, 0.25) is 0 Å². The molecule has 0 radical (unpaired) electrons. The number of aromatic nitrogens is 2. The smallest absolute Gasteiger partial charge is 0.182 e. The normalized spacial score (nSPS) is 10.7. The standard InChI is InChI=1S/C14H7BrFN3S/c15-10-3-2-9(6-11(10)16)19-13-5-8(7-17)1-4-12(13)18-14(19)20/h1-6H,(H,18,20). The van der Waals surface area contributed by atoms with E-state index in [4.69, 9.17) is 17.5 Å². The van der Waals surface area contributed by atoms with E-state index in [0.29, 0.717) is 20.5 Å². The molecule has 3 nitrogen and oxygen atoms in total. The number of fused-ring (bicyclic) bond motifs is 1. The van der Waals surface area contributed by atoms with Crippen molar-refractivity contribution in [2.45, 2.75) is 0 Å². The highest BCUT2D eigenvalue weighted by Crippen LogP contribution is 2.24. The molecule has 1 N–H and O–H groups in total. The number of imidazole rings is 1. The first kappa shape index (κ1) is 13.0. The number of nitrogens with zero attached hydrogens (tertiary/aromatic N) is 2. The molecule has 0 unspecified atom stereocenters. The van der Waals surface area contributed by atoms with E-state index >= 15 is 0 Å². The molecule has 0 spiro atoms. The third kappa shape index (κ3) is 2.05. The summed E-state index contributed by atoms with van der Waals surface area (Å²) in [6, 6.07) is 12.1. The van der Waals surface area contributed by atoms with Crippen LogP contribution in [-0.4, -0.2) is 9.55 Å². The molecular weight excluding hydrogens is 341 g/mol. The Bertz CT molecular complexity index is 920. The largest absolute Gasteiger partial charge is 0.330 e. The fraction of sp³-hybridized carbons (Fsp3) is 0. The molecule has 3 aromatic rings. The number of aromatic amines is 1. The molecule has 0 aliphatic rings. The fourth-order valence-electron chi connectivity index (χ4n) is 2.05. The maximum Gasteiger partial charge on any atom is 0.182 e. The van der Waals surface area contributed by atoms with Crippen LogP contribution < -0.4 is 0 Å². The molecule has 0 aliphatic carbocycles. The van der Waals surface area contributed by atoms with Crippen molar-refractivity contribution in [3.63, 3.8) is 0 Å². The second kappa shape index (κ2) is 4.85. The molecule has 0 atom stereocenters. The Morgan fingerprint density at radius 3 is 2.75 bits per heavy atom. The Morgan fingerprint density at radius 1 is 1.25 bits per heavy atom. The molecule has 0 bridgehead atoms. The molecule has 0 saturated carbocycles. The van der Waals surface area contributed by atoms with E-state index in [1.54, 1.807) is 34.9 Å². The number of hydrogen-bond acceptors (Lipinski definition) is 2. The third-order valence-corrected chi connectivity index (χ3v) is 3.90. The van der Waals surface area contributed by atoms with E-state index < -0.39 is 0 Å². The number of H-pyrrole nitrogens is 1. The lowest BCUT2D eigenvalue weighted by Gasteiger charge is -2.05. The number of halogens is 2. The Labute approximate surface area is 127 Å². The monoisotopic (exact) mass is 347 g/mol. The molecule has 0 aliphatic heterocycles. The van der Waals surface area contributed by atoms with Crippen molar-refractivity contribution in [3.05, 3.63) is 57.0 Å². The van der Waals surface area contributed by atoms with E-state index in [0.717, 1.165) is 11.0 Å². The SMILES string of the molecule is N#Cc1ccc2[nH]c(=S)n(-c3ccc(Br)c(F)c3)c2c1. The van der Waals surface area contributed by atoms with Gasteiger partial charge in [0.25, 0.3) is 0 Å². The Hall–Kier alpha value is -1.97. The molecule has 1 aromatic heterocycles. The highest BCUT2D eigenvalue weighted by atomic mass is 79.9. The molecule has 6 heteroatoms. The summed E-state index contributed by atoms with van der Waals surface area (Å²) in [5.41, 5.74) is 2.68. The van der Waals surface area contributed by atoms with Crippen molar-refractivity contribution in [1.29, 1.82) is 5.26 Å². The van der Waals surface area contributed by atoms with Gasteiger partial charge in [0, 0.05) is 0 Å². The van der Waals surface area contributed by atoms with Crippen molar-refractivity contribution >= 4 is 39.2 Å². The zero-order chi connectivity index (χ0) is 14.3. The molecule has 0 fully saturated rings. The lowest BCUT2D eigenvalue weighted by Crippen LogP contribution is -1.95. The maximum absolute atomic E-state index is 13.7. The van der Waals surface area contributed by atoms with Gasteiger partial charge in [-0.2, -0.15) is 5.26 Å². The highest BCUT2D eigenvalue weighted by Gasteiger charge is 2.09. The van der Waals surface area contributed by atoms with Crippen LogP contribution in [0.15, 0.2) is 40.9 Å². The van der Waals surface area contributed by atoms with Crippen molar-refractivity contribution in [2.75, 3.05) is 0 Å². The van der Waals surface area contributed by atoms with Crippen LogP contribution in [0, 0.1) is 21.9 Å². The van der Waals surface area contributed by atoms with Crippen LogP contribution in [0.4, 0.5) is 4.39 Å². The van der Waals surface area contributed by atoms with Crippen LogP contribution in [0.5, 0.6) is 0 Å². The van der Waals surface area contributed by atoms with Crippen LogP contribution in [-0.2, 0) is 0 Å². The lowest BCUT2D eigenvalue weighted by atomic mass is 10.2. The molecule has 3 rings (SSSR count). The van der Waals surface area contributed by atoms with Crippen molar-refractivity contribution in [3.8, 4) is 11.8 Å². The summed E-state index contributed by atoms with van der Waals surface area (Å²) in [6.07, 6.45) is 0. The number of hydrogen-bond donors (Lipinski definition) is 1. The topological polar surface area (TPSA) is 44.5 Å². The van der Waals surface area contributed by atoms with Crippen LogP contribution in [0.1, 0.15) is 5.56 Å².